The molecule has 2 amide bonds. The number of nitrogens with zero attached hydrogens (tertiary/aromatic N) is 2. The molecule has 2 heterocycles. The normalized spacial score (nSPS) is 16.0. The van der Waals surface area contributed by atoms with Crippen LogP contribution in [-0.4, -0.2) is 63.5 Å². The Hall–Kier alpha value is -2.25. The van der Waals surface area contributed by atoms with Crippen LogP contribution in [0.2, 0.25) is 0 Å². The lowest BCUT2D eigenvalue weighted by atomic mass is 10.2. The van der Waals surface area contributed by atoms with Crippen molar-refractivity contribution in [3.05, 3.63) is 22.4 Å². The molecular weight excluding hydrogens is 276 g/mol. The van der Waals surface area contributed by atoms with Crippen molar-refractivity contribution in [1.29, 1.82) is 0 Å². The number of piperazine rings is 1. The molecule has 1 aliphatic rings. The fourth-order valence-electron chi connectivity index (χ4n) is 2.04. The monoisotopic (exact) mass is 296 g/mol. The summed E-state index contributed by atoms with van der Waals surface area (Å²) in [4.78, 5) is 43.0. The number of nitrogens with one attached hydrogen (secondary N) is 2. The first-order valence-electron chi connectivity index (χ1n) is 6.81. The molecule has 21 heavy (non-hydrogen) atoms. The number of hydrogen-bond acceptors (Lipinski definition) is 4. The Kier molecular flexibility index (Phi) is 4.06. The molecule has 1 aromatic heterocycles. The van der Waals surface area contributed by atoms with Crippen LogP contribution in [0.15, 0.2) is 11.0 Å². The van der Waals surface area contributed by atoms with Gasteiger partial charge in [-0.3, -0.25) is 4.79 Å². The number of H-pyrrole nitrogens is 2. The third-order valence-corrected chi connectivity index (χ3v) is 3.04. The molecule has 0 saturated carbocycles. The Morgan fingerprint density at radius 1 is 1.14 bits per heavy atom. The van der Waals surface area contributed by atoms with Gasteiger partial charge < -0.3 is 24.5 Å². The maximum absolute atomic E-state index is 12.1. The predicted octanol–water partition coefficient (Wildman–Crippen LogP) is 0.396. The number of aromatic amines is 2. The Bertz CT molecular complexity index is 575. The van der Waals surface area contributed by atoms with Crippen LogP contribution >= 0.6 is 0 Å². The van der Waals surface area contributed by atoms with E-state index in [0.29, 0.717) is 26.2 Å². The highest BCUT2D eigenvalue weighted by Gasteiger charge is 2.28. The van der Waals surface area contributed by atoms with E-state index in [-0.39, 0.29) is 17.7 Å². The second kappa shape index (κ2) is 5.63. The number of amides is 2. The summed E-state index contributed by atoms with van der Waals surface area (Å²) in [5, 5.41) is 0. The molecule has 0 aliphatic carbocycles. The van der Waals surface area contributed by atoms with Gasteiger partial charge in [0, 0.05) is 32.4 Å². The lowest BCUT2D eigenvalue weighted by molar-refractivity contribution is 0.0140. The number of hydrogen-bond donors (Lipinski definition) is 2. The van der Waals surface area contributed by atoms with E-state index in [1.54, 1.807) is 9.80 Å². The second-order valence-corrected chi connectivity index (χ2v) is 5.92. The Morgan fingerprint density at radius 2 is 1.71 bits per heavy atom. The molecule has 0 bridgehead atoms. The summed E-state index contributed by atoms with van der Waals surface area (Å²) in [6.45, 7) is 7.08. The molecule has 1 saturated heterocycles. The van der Waals surface area contributed by atoms with E-state index in [1.807, 2.05) is 20.8 Å². The number of imidazole rings is 1. The van der Waals surface area contributed by atoms with Crippen LogP contribution in [0.3, 0.4) is 0 Å². The van der Waals surface area contributed by atoms with Crippen molar-refractivity contribution in [2.75, 3.05) is 26.2 Å². The molecule has 0 spiro atoms. The summed E-state index contributed by atoms with van der Waals surface area (Å²) in [5.41, 5.74) is -0.717. The topological polar surface area (TPSA) is 98.5 Å². The minimum atomic E-state index is -0.533. The van der Waals surface area contributed by atoms with Gasteiger partial charge in [-0.25, -0.2) is 9.59 Å². The Balaban J connectivity index is 1.90. The fourth-order valence-corrected chi connectivity index (χ4v) is 2.04. The minimum Gasteiger partial charge on any atom is -0.444 e. The maximum Gasteiger partial charge on any atom is 0.410 e. The minimum absolute atomic E-state index is 0.228. The highest BCUT2D eigenvalue weighted by atomic mass is 16.6. The Morgan fingerprint density at radius 3 is 2.19 bits per heavy atom. The van der Waals surface area contributed by atoms with Gasteiger partial charge in [0.05, 0.1) is 0 Å². The van der Waals surface area contributed by atoms with Crippen molar-refractivity contribution < 1.29 is 14.3 Å². The molecule has 0 unspecified atom stereocenters. The van der Waals surface area contributed by atoms with Crippen LogP contribution in [0.1, 0.15) is 31.3 Å². The Labute approximate surface area is 122 Å². The van der Waals surface area contributed by atoms with Gasteiger partial charge in [0.25, 0.3) is 5.91 Å². The van der Waals surface area contributed by atoms with Crippen molar-refractivity contribution in [3.8, 4) is 0 Å². The second-order valence-electron chi connectivity index (χ2n) is 5.92. The zero-order valence-electron chi connectivity index (χ0n) is 12.4. The van der Waals surface area contributed by atoms with Crippen LogP contribution in [0, 0.1) is 0 Å². The van der Waals surface area contributed by atoms with Crippen molar-refractivity contribution in [1.82, 2.24) is 19.8 Å². The standard InChI is InChI=1S/C13H20N4O4/c1-13(2,3)21-12(20)17-6-4-16(5-7-17)10(18)9-8-14-11(19)15-9/h8H,4-7H2,1-3H3,(H2,14,15,19). The van der Waals surface area contributed by atoms with Crippen LogP contribution < -0.4 is 5.69 Å². The van der Waals surface area contributed by atoms with Crippen molar-refractivity contribution in [2.24, 2.45) is 0 Å². The van der Waals surface area contributed by atoms with Gasteiger partial charge in [-0.15, -0.1) is 0 Å². The third kappa shape index (κ3) is 3.87. The van der Waals surface area contributed by atoms with E-state index in [0.717, 1.165) is 0 Å². The smallest absolute Gasteiger partial charge is 0.410 e. The highest BCUT2D eigenvalue weighted by Crippen LogP contribution is 2.12. The molecule has 0 atom stereocenters. The molecule has 1 fully saturated rings. The average molecular weight is 296 g/mol. The zero-order valence-corrected chi connectivity index (χ0v) is 12.4. The predicted molar refractivity (Wildman–Crippen MR) is 75.1 cm³/mol. The summed E-state index contributed by atoms with van der Waals surface area (Å²) in [6, 6.07) is 0. The number of ether oxygens (including phenoxy) is 1. The van der Waals surface area contributed by atoms with E-state index in [1.165, 1.54) is 6.20 Å². The van der Waals surface area contributed by atoms with E-state index in [9.17, 15) is 14.4 Å². The number of carbonyl (C=O) groups excluding carboxylic acids is 2. The van der Waals surface area contributed by atoms with Crippen molar-refractivity contribution in [3.63, 3.8) is 0 Å². The number of aromatic nitrogens is 2. The molecule has 1 aromatic rings. The van der Waals surface area contributed by atoms with Crippen molar-refractivity contribution in [2.45, 2.75) is 26.4 Å². The van der Waals surface area contributed by atoms with Crippen LogP contribution in [-0.2, 0) is 4.74 Å². The van der Waals surface area contributed by atoms with Gasteiger partial charge in [-0.1, -0.05) is 0 Å². The highest BCUT2D eigenvalue weighted by molar-refractivity contribution is 5.92. The molecule has 2 N–H and O–H groups in total. The molecule has 8 heteroatoms. The lowest BCUT2D eigenvalue weighted by Gasteiger charge is -2.35. The SMILES string of the molecule is CC(C)(C)OC(=O)N1CCN(C(=O)c2c[nH]c(=O)[nH]2)CC1. The molecule has 0 radical (unpaired) electrons. The summed E-state index contributed by atoms with van der Waals surface area (Å²) in [6.07, 6.45) is 0.981. The van der Waals surface area contributed by atoms with Crippen LogP contribution in [0.4, 0.5) is 4.79 Å². The lowest BCUT2D eigenvalue weighted by Crippen LogP contribution is -2.51. The molecule has 0 aromatic carbocycles. The first-order chi connectivity index (χ1) is 9.76. The van der Waals surface area contributed by atoms with E-state index >= 15 is 0 Å². The number of rotatable bonds is 1. The maximum atomic E-state index is 12.1. The first-order valence-corrected chi connectivity index (χ1v) is 6.81. The molecule has 8 nitrogen and oxygen atoms in total. The summed E-state index contributed by atoms with van der Waals surface area (Å²) >= 11 is 0. The van der Waals surface area contributed by atoms with Gasteiger partial charge in [-0.05, 0) is 20.8 Å². The zero-order chi connectivity index (χ0) is 15.6. The van der Waals surface area contributed by atoms with Gasteiger partial charge in [0.1, 0.15) is 11.3 Å². The van der Waals surface area contributed by atoms with E-state index in [4.69, 9.17) is 4.74 Å². The van der Waals surface area contributed by atoms with Gasteiger partial charge >= 0.3 is 11.8 Å². The molecule has 2 rings (SSSR count). The van der Waals surface area contributed by atoms with Gasteiger partial charge in [0.15, 0.2) is 0 Å². The summed E-state index contributed by atoms with van der Waals surface area (Å²) < 4.78 is 5.29. The summed E-state index contributed by atoms with van der Waals surface area (Å²) in [5.74, 6) is -0.253. The van der Waals surface area contributed by atoms with Crippen LogP contribution in [0.25, 0.3) is 0 Å². The molecule has 1 aliphatic heterocycles. The van der Waals surface area contributed by atoms with Crippen molar-refractivity contribution >= 4 is 12.0 Å². The molecular formula is C13H20N4O4. The fraction of sp³-hybridized carbons (Fsp3) is 0.615. The quantitative estimate of drug-likeness (QED) is 0.783. The number of carbonyl (C=O) groups is 2. The summed E-state index contributed by atoms with van der Waals surface area (Å²) in [7, 11) is 0. The van der Waals surface area contributed by atoms with E-state index in [2.05, 4.69) is 9.97 Å². The van der Waals surface area contributed by atoms with E-state index < -0.39 is 11.3 Å². The largest absolute Gasteiger partial charge is 0.444 e. The van der Waals surface area contributed by atoms with Crippen LogP contribution in [0.5, 0.6) is 0 Å². The molecule has 116 valence electrons. The van der Waals surface area contributed by atoms with Gasteiger partial charge in [0.2, 0.25) is 0 Å². The first kappa shape index (κ1) is 15.1. The third-order valence-electron chi connectivity index (χ3n) is 3.04. The van der Waals surface area contributed by atoms with Gasteiger partial charge in [-0.2, -0.15) is 0 Å². The average Bonchev–Trinajstić information content (AvgIpc) is 2.83.